The molecule has 2 aromatic carbocycles. The summed E-state index contributed by atoms with van der Waals surface area (Å²) in [5.41, 5.74) is 1.63. The van der Waals surface area contributed by atoms with Gasteiger partial charge in [-0.1, -0.05) is 29.8 Å². The molecule has 29 heavy (non-hydrogen) atoms. The first-order chi connectivity index (χ1) is 14.1. The van der Waals surface area contributed by atoms with Crippen molar-refractivity contribution in [1.82, 2.24) is 9.80 Å². The van der Waals surface area contributed by atoms with Crippen molar-refractivity contribution in [2.45, 2.75) is 0 Å². The highest BCUT2D eigenvalue weighted by Gasteiger charge is 2.22. The van der Waals surface area contributed by atoms with Gasteiger partial charge in [0.1, 0.15) is 5.58 Å². The van der Waals surface area contributed by atoms with Crippen LogP contribution in [0.25, 0.3) is 11.0 Å². The van der Waals surface area contributed by atoms with Crippen LogP contribution in [0.4, 0.5) is 5.69 Å². The van der Waals surface area contributed by atoms with E-state index in [1.165, 1.54) is 6.07 Å². The highest BCUT2D eigenvalue weighted by Crippen LogP contribution is 2.20. The number of fused-ring (bicyclic) bond motifs is 1. The van der Waals surface area contributed by atoms with Crippen molar-refractivity contribution in [3.63, 3.8) is 0 Å². The van der Waals surface area contributed by atoms with E-state index in [0.717, 1.165) is 30.7 Å². The molecule has 150 valence electrons. The zero-order valence-electron chi connectivity index (χ0n) is 15.9. The number of rotatable bonds is 5. The van der Waals surface area contributed by atoms with Gasteiger partial charge in [-0.05, 0) is 30.3 Å². The number of hydrogen-bond donors (Lipinski definition) is 1. The van der Waals surface area contributed by atoms with Gasteiger partial charge in [-0.2, -0.15) is 0 Å². The predicted octanol–water partition coefficient (Wildman–Crippen LogP) is 3.32. The van der Waals surface area contributed by atoms with Crippen LogP contribution < -0.4 is 10.9 Å². The number of para-hydroxylation sites is 1. The maximum absolute atomic E-state index is 12.6. The second-order valence-corrected chi connectivity index (χ2v) is 7.48. The van der Waals surface area contributed by atoms with Gasteiger partial charge in [0.2, 0.25) is 0 Å². The summed E-state index contributed by atoms with van der Waals surface area (Å²) in [6, 6.07) is 16.0. The molecule has 6 nitrogen and oxygen atoms in total. The summed E-state index contributed by atoms with van der Waals surface area (Å²) in [6.45, 7) is 4.52. The van der Waals surface area contributed by atoms with E-state index in [1.807, 2.05) is 23.1 Å². The Hall–Kier alpha value is -2.83. The molecule has 0 bridgehead atoms. The average Bonchev–Trinajstić information content (AvgIpc) is 2.73. The molecule has 1 amide bonds. The van der Waals surface area contributed by atoms with Gasteiger partial charge in [-0.25, -0.2) is 4.79 Å². The molecule has 0 saturated carbocycles. The molecule has 0 spiro atoms. The van der Waals surface area contributed by atoms with Crippen LogP contribution in [-0.2, 0) is 0 Å². The molecule has 0 radical (unpaired) electrons. The van der Waals surface area contributed by atoms with E-state index in [1.54, 1.807) is 30.3 Å². The van der Waals surface area contributed by atoms with Crippen LogP contribution in [0.1, 0.15) is 10.4 Å². The molecule has 1 aliphatic rings. The highest BCUT2D eigenvalue weighted by atomic mass is 35.5. The van der Waals surface area contributed by atoms with Crippen molar-refractivity contribution in [2.24, 2.45) is 0 Å². The first-order valence-corrected chi connectivity index (χ1v) is 10.0. The molecular formula is C22H22ClN3O3. The number of hydrogen-bond acceptors (Lipinski definition) is 5. The van der Waals surface area contributed by atoms with Crippen LogP contribution in [0.2, 0.25) is 5.02 Å². The topological polar surface area (TPSA) is 65.8 Å². The molecule has 0 unspecified atom stereocenters. The van der Waals surface area contributed by atoms with Crippen LogP contribution >= 0.6 is 11.6 Å². The average molecular weight is 412 g/mol. The van der Waals surface area contributed by atoms with Crippen LogP contribution in [0, 0.1) is 0 Å². The van der Waals surface area contributed by atoms with Crippen LogP contribution in [0.5, 0.6) is 0 Å². The van der Waals surface area contributed by atoms with E-state index < -0.39 is 0 Å². The van der Waals surface area contributed by atoms with Gasteiger partial charge in [0.25, 0.3) is 5.91 Å². The Balaban J connectivity index is 1.30. The number of anilines is 1. The molecule has 7 heteroatoms. The third-order valence-electron chi connectivity index (χ3n) is 5.12. The molecule has 0 aliphatic carbocycles. The SMILES string of the molecule is O=C(c1cccc(Cl)c1)N1CCN(CCNc2cc(=O)oc3ccccc23)CC1. The van der Waals surface area contributed by atoms with Gasteiger partial charge in [0.15, 0.2) is 0 Å². The summed E-state index contributed by atoms with van der Waals surface area (Å²) < 4.78 is 5.22. The van der Waals surface area contributed by atoms with Gasteiger partial charge in [-0.15, -0.1) is 0 Å². The zero-order chi connectivity index (χ0) is 20.2. The Kier molecular flexibility index (Phi) is 5.83. The van der Waals surface area contributed by atoms with Crippen molar-refractivity contribution in [3.8, 4) is 0 Å². The number of halogens is 1. The second kappa shape index (κ2) is 8.68. The molecule has 1 N–H and O–H groups in total. The minimum atomic E-state index is -0.362. The van der Waals surface area contributed by atoms with Crippen LogP contribution in [0.15, 0.2) is 63.8 Å². The highest BCUT2D eigenvalue weighted by molar-refractivity contribution is 6.30. The Bertz CT molecular complexity index is 1070. The number of amides is 1. The summed E-state index contributed by atoms with van der Waals surface area (Å²) in [5, 5.41) is 4.81. The summed E-state index contributed by atoms with van der Waals surface area (Å²) in [5.74, 6) is 0.0211. The molecule has 4 rings (SSSR count). The van der Waals surface area contributed by atoms with Crippen molar-refractivity contribution in [1.29, 1.82) is 0 Å². The van der Waals surface area contributed by atoms with Gasteiger partial charge < -0.3 is 14.6 Å². The molecule has 0 atom stereocenters. The number of benzene rings is 2. The largest absolute Gasteiger partial charge is 0.423 e. The lowest BCUT2D eigenvalue weighted by atomic mass is 10.2. The van der Waals surface area contributed by atoms with Crippen molar-refractivity contribution < 1.29 is 9.21 Å². The molecular weight excluding hydrogens is 390 g/mol. The maximum Gasteiger partial charge on any atom is 0.338 e. The van der Waals surface area contributed by atoms with Crippen LogP contribution in [0.3, 0.4) is 0 Å². The standard InChI is InChI=1S/C22H22ClN3O3/c23-17-5-3-4-16(14-17)22(28)26-12-10-25(11-13-26)9-8-24-19-15-21(27)29-20-7-2-1-6-18(19)20/h1-7,14-15,24H,8-13H2. The Morgan fingerprint density at radius 1 is 1.03 bits per heavy atom. The number of piperazine rings is 1. The number of carbonyl (C=O) groups is 1. The van der Waals surface area contributed by atoms with E-state index in [-0.39, 0.29) is 11.5 Å². The summed E-state index contributed by atoms with van der Waals surface area (Å²) >= 11 is 5.99. The fraction of sp³-hybridized carbons (Fsp3) is 0.273. The Labute approximate surface area is 173 Å². The summed E-state index contributed by atoms with van der Waals surface area (Å²) in [7, 11) is 0. The fourth-order valence-corrected chi connectivity index (χ4v) is 3.78. The minimum absolute atomic E-state index is 0.0211. The number of carbonyl (C=O) groups excluding carboxylic acids is 1. The number of nitrogens with zero attached hydrogens (tertiary/aromatic N) is 2. The van der Waals surface area contributed by atoms with E-state index in [4.69, 9.17) is 16.0 Å². The first kappa shape index (κ1) is 19.5. The lowest BCUT2D eigenvalue weighted by Gasteiger charge is -2.34. The van der Waals surface area contributed by atoms with Gasteiger partial charge in [-0.3, -0.25) is 9.69 Å². The van der Waals surface area contributed by atoms with Crippen molar-refractivity contribution in [2.75, 3.05) is 44.6 Å². The fourth-order valence-electron chi connectivity index (χ4n) is 3.59. The van der Waals surface area contributed by atoms with Crippen molar-refractivity contribution in [3.05, 3.63) is 75.6 Å². The molecule has 1 aliphatic heterocycles. The van der Waals surface area contributed by atoms with E-state index >= 15 is 0 Å². The van der Waals surface area contributed by atoms with E-state index in [2.05, 4.69) is 10.2 Å². The van der Waals surface area contributed by atoms with Crippen LogP contribution in [-0.4, -0.2) is 55.0 Å². The minimum Gasteiger partial charge on any atom is -0.423 e. The molecule has 1 fully saturated rings. The lowest BCUT2D eigenvalue weighted by molar-refractivity contribution is 0.0642. The molecule has 2 heterocycles. The Morgan fingerprint density at radius 2 is 1.83 bits per heavy atom. The Morgan fingerprint density at radius 3 is 2.62 bits per heavy atom. The molecule has 3 aromatic rings. The summed E-state index contributed by atoms with van der Waals surface area (Å²) in [4.78, 5) is 28.5. The third kappa shape index (κ3) is 4.60. The van der Waals surface area contributed by atoms with Gasteiger partial charge in [0.05, 0.1) is 5.69 Å². The normalized spacial score (nSPS) is 14.9. The monoisotopic (exact) mass is 411 g/mol. The van der Waals surface area contributed by atoms with E-state index in [0.29, 0.717) is 35.8 Å². The van der Waals surface area contributed by atoms with Crippen molar-refractivity contribution >= 4 is 34.2 Å². The molecule has 1 aromatic heterocycles. The predicted molar refractivity (Wildman–Crippen MR) is 115 cm³/mol. The third-order valence-corrected chi connectivity index (χ3v) is 5.36. The zero-order valence-corrected chi connectivity index (χ0v) is 16.7. The smallest absolute Gasteiger partial charge is 0.338 e. The molecule has 1 saturated heterocycles. The quantitative estimate of drug-likeness (QED) is 0.652. The van der Waals surface area contributed by atoms with Gasteiger partial charge in [0, 0.05) is 61.3 Å². The maximum atomic E-state index is 12.6. The number of nitrogens with one attached hydrogen (secondary N) is 1. The van der Waals surface area contributed by atoms with Gasteiger partial charge >= 0.3 is 5.63 Å². The first-order valence-electron chi connectivity index (χ1n) is 9.64. The summed E-state index contributed by atoms with van der Waals surface area (Å²) in [6.07, 6.45) is 0. The van der Waals surface area contributed by atoms with E-state index in [9.17, 15) is 9.59 Å². The lowest BCUT2D eigenvalue weighted by Crippen LogP contribution is -2.49. The second-order valence-electron chi connectivity index (χ2n) is 7.05.